The molecule has 0 amide bonds. The van der Waals surface area contributed by atoms with Crippen LogP contribution in [-0.2, 0) is 6.18 Å². The van der Waals surface area contributed by atoms with Crippen LogP contribution in [-0.4, -0.2) is 4.98 Å². The minimum absolute atomic E-state index is 0.250. The molecule has 3 N–H and O–H groups in total. The van der Waals surface area contributed by atoms with Gasteiger partial charge in [0.1, 0.15) is 5.69 Å². The van der Waals surface area contributed by atoms with Gasteiger partial charge in [0.25, 0.3) is 0 Å². The van der Waals surface area contributed by atoms with E-state index in [4.69, 9.17) is 17.3 Å². The van der Waals surface area contributed by atoms with Gasteiger partial charge in [-0.3, -0.25) is 0 Å². The van der Waals surface area contributed by atoms with Crippen LogP contribution in [0.1, 0.15) is 24.2 Å². The average molecular weight is 263 g/mol. The van der Waals surface area contributed by atoms with Crippen LogP contribution in [0.2, 0.25) is 5.02 Å². The van der Waals surface area contributed by atoms with E-state index in [1.165, 1.54) is 0 Å². The van der Waals surface area contributed by atoms with E-state index in [0.29, 0.717) is 10.9 Å². The number of nitrogens with one attached hydrogen (secondary N) is 1. The molecule has 0 aliphatic rings. The van der Waals surface area contributed by atoms with Crippen molar-refractivity contribution in [2.75, 3.05) is 0 Å². The number of aromatic nitrogens is 1. The van der Waals surface area contributed by atoms with Gasteiger partial charge in [0.05, 0.1) is 5.02 Å². The normalized spacial score (nSPS) is 14.2. The van der Waals surface area contributed by atoms with E-state index in [-0.39, 0.29) is 11.1 Å². The third kappa shape index (κ3) is 2.12. The van der Waals surface area contributed by atoms with Crippen LogP contribution in [0, 0.1) is 0 Å². The van der Waals surface area contributed by atoms with E-state index < -0.39 is 11.9 Å². The Balaban J connectivity index is 2.67. The molecule has 0 bridgehead atoms. The summed E-state index contributed by atoms with van der Waals surface area (Å²) in [7, 11) is 0. The number of nitrogens with two attached hydrogens (primary N) is 1. The molecule has 2 nitrogen and oxygen atoms in total. The molecular weight excluding hydrogens is 253 g/mol. The Morgan fingerprint density at radius 1 is 1.35 bits per heavy atom. The highest BCUT2D eigenvalue weighted by Gasteiger charge is 2.36. The lowest BCUT2D eigenvalue weighted by Crippen LogP contribution is -2.05. The van der Waals surface area contributed by atoms with Crippen LogP contribution in [0.5, 0.6) is 0 Å². The topological polar surface area (TPSA) is 41.8 Å². The molecule has 0 saturated heterocycles. The van der Waals surface area contributed by atoms with Crippen LogP contribution in [0.3, 0.4) is 0 Å². The molecule has 17 heavy (non-hydrogen) atoms. The second kappa shape index (κ2) is 3.92. The fourth-order valence-corrected chi connectivity index (χ4v) is 1.97. The van der Waals surface area contributed by atoms with E-state index in [1.807, 2.05) is 0 Å². The zero-order chi connectivity index (χ0) is 12.8. The van der Waals surface area contributed by atoms with Crippen molar-refractivity contribution >= 4 is 22.5 Å². The summed E-state index contributed by atoms with van der Waals surface area (Å²) >= 11 is 5.73. The Labute approximate surface area is 101 Å². The fraction of sp³-hybridized carbons (Fsp3) is 0.273. The number of rotatable bonds is 1. The molecule has 1 aromatic carbocycles. The highest BCUT2D eigenvalue weighted by atomic mass is 35.5. The molecule has 2 aromatic rings. The maximum Gasteiger partial charge on any atom is 0.432 e. The summed E-state index contributed by atoms with van der Waals surface area (Å²) in [4.78, 5) is 2.27. The van der Waals surface area contributed by atoms with Gasteiger partial charge < -0.3 is 10.7 Å². The Bertz CT molecular complexity index is 558. The third-order valence-corrected chi connectivity index (χ3v) is 2.96. The third-order valence-electron chi connectivity index (χ3n) is 2.57. The van der Waals surface area contributed by atoms with Gasteiger partial charge in [-0.15, -0.1) is 0 Å². The largest absolute Gasteiger partial charge is 0.432 e. The van der Waals surface area contributed by atoms with Crippen molar-refractivity contribution in [3.8, 4) is 0 Å². The van der Waals surface area contributed by atoms with E-state index in [2.05, 4.69) is 4.98 Å². The van der Waals surface area contributed by atoms with Crippen molar-refractivity contribution in [1.29, 1.82) is 0 Å². The lowest BCUT2D eigenvalue weighted by atomic mass is 10.1. The van der Waals surface area contributed by atoms with Gasteiger partial charge in [0.2, 0.25) is 0 Å². The van der Waals surface area contributed by atoms with Gasteiger partial charge in [-0.2, -0.15) is 13.2 Å². The van der Waals surface area contributed by atoms with Crippen LogP contribution >= 0.6 is 11.6 Å². The molecule has 0 fully saturated rings. The fourth-order valence-electron chi connectivity index (χ4n) is 1.66. The number of alkyl halides is 3. The van der Waals surface area contributed by atoms with Gasteiger partial charge in [-0.25, -0.2) is 0 Å². The van der Waals surface area contributed by atoms with Crippen molar-refractivity contribution in [2.24, 2.45) is 5.73 Å². The summed E-state index contributed by atoms with van der Waals surface area (Å²) in [6.07, 6.45) is -4.48. The SMILES string of the molecule is CC(N)c1ccc2[nH]c(C(F)(F)F)c(Cl)c2c1. The molecule has 0 aliphatic carbocycles. The molecule has 1 atom stereocenters. The number of benzene rings is 1. The van der Waals surface area contributed by atoms with Gasteiger partial charge >= 0.3 is 6.18 Å². The molecule has 0 aliphatic heterocycles. The minimum atomic E-state index is -4.48. The van der Waals surface area contributed by atoms with Gasteiger partial charge in [-0.05, 0) is 24.6 Å². The van der Waals surface area contributed by atoms with Crippen LogP contribution in [0.4, 0.5) is 13.2 Å². The van der Waals surface area contributed by atoms with Gasteiger partial charge in [-0.1, -0.05) is 17.7 Å². The highest BCUT2D eigenvalue weighted by Crippen LogP contribution is 2.38. The molecule has 1 unspecified atom stereocenters. The molecular formula is C11H10ClF3N2. The number of fused-ring (bicyclic) bond motifs is 1. The summed E-state index contributed by atoms with van der Waals surface area (Å²) in [5, 5.41) is 0.0313. The first-order chi connectivity index (χ1) is 7.80. The maximum atomic E-state index is 12.6. The molecule has 1 aromatic heterocycles. The summed E-state index contributed by atoms with van der Waals surface area (Å²) in [6.45, 7) is 1.76. The number of hydrogen-bond acceptors (Lipinski definition) is 1. The molecule has 1 heterocycles. The molecule has 92 valence electrons. The lowest BCUT2D eigenvalue weighted by Gasteiger charge is -2.04. The van der Waals surface area contributed by atoms with E-state index in [1.54, 1.807) is 25.1 Å². The van der Waals surface area contributed by atoms with Crippen molar-refractivity contribution < 1.29 is 13.2 Å². The monoisotopic (exact) mass is 262 g/mol. The van der Waals surface area contributed by atoms with Crippen molar-refractivity contribution in [2.45, 2.75) is 19.1 Å². The van der Waals surface area contributed by atoms with Crippen molar-refractivity contribution in [1.82, 2.24) is 4.98 Å². The summed E-state index contributed by atoms with van der Waals surface area (Å²) in [5.41, 5.74) is 5.85. The van der Waals surface area contributed by atoms with E-state index in [9.17, 15) is 13.2 Å². The summed E-state index contributed by atoms with van der Waals surface area (Å²) in [5.74, 6) is 0. The van der Waals surface area contributed by atoms with E-state index >= 15 is 0 Å². The van der Waals surface area contributed by atoms with Crippen LogP contribution in [0.15, 0.2) is 18.2 Å². The minimum Gasteiger partial charge on any atom is -0.350 e. The predicted molar refractivity (Wildman–Crippen MR) is 60.9 cm³/mol. The zero-order valence-electron chi connectivity index (χ0n) is 8.90. The molecule has 6 heteroatoms. The van der Waals surface area contributed by atoms with Crippen LogP contribution in [0.25, 0.3) is 10.9 Å². The molecule has 0 radical (unpaired) electrons. The highest BCUT2D eigenvalue weighted by molar-refractivity contribution is 6.36. The summed E-state index contributed by atoms with van der Waals surface area (Å²) in [6, 6.07) is 4.56. The summed E-state index contributed by atoms with van der Waals surface area (Å²) < 4.78 is 37.8. The van der Waals surface area contributed by atoms with Crippen LogP contribution < -0.4 is 5.73 Å². The maximum absolute atomic E-state index is 12.6. The number of H-pyrrole nitrogens is 1. The second-order valence-corrected chi connectivity index (χ2v) is 4.28. The number of aromatic amines is 1. The number of halogens is 4. The Morgan fingerprint density at radius 3 is 2.53 bits per heavy atom. The molecule has 0 spiro atoms. The van der Waals surface area contributed by atoms with Crippen molar-refractivity contribution in [3.63, 3.8) is 0 Å². The van der Waals surface area contributed by atoms with Gasteiger partial charge in [0.15, 0.2) is 0 Å². The first-order valence-corrected chi connectivity index (χ1v) is 5.32. The Kier molecular flexibility index (Phi) is 2.83. The molecule has 0 saturated carbocycles. The first-order valence-electron chi connectivity index (χ1n) is 4.94. The smallest absolute Gasteiger partial charge is 0.350 e. The van der Waals surface area contributed by atoms with Gasteiger partial charge in [0, 0.05) is 16.9 Å². The standard InChI is InChI=1S/C11H10ClF3N2/c1-5(16)6-2-3-8-7(4-6)9(12)10(17-8)11(13,14)15/h2-5,17H,16H2,1H3. The quantitative estimate of drug-likeness (QED) is 0.805. The Morgan fingerprint density at radius 2 is 2.00 bits per heavy atom. The lowest BCUT2D eigenvalue weighted by molar-refractivity contribution is -0.140. The van der Waals surface area contributed by atoms with Crippen molar-refractivity contribution in [3.05, 3.63) is 34.5 Å². The zero-order valence-corrected chi connectivity index (χ0v) is 9.65. The second-order valence-electron chi connectivity index (χ2n) is 3.91. The number of hydrogen-bond donors (Lipinski definition) is 2. The van der Waals surface area contributed by atoms with E-state index in [0.717, 1.165) is 5.56 Å². The first kappa shape index (κ1) is 12.3. The molecule has 2 rings (SSSR count). The predicted octanol–water partition coefficient (Wildman–Crippen LogP) is 3.86. The average Bonchev–Trinajstić information content (AvgIpc) is 2.55. The Hall–Kier alpha value is -1.20.